The lowest BCUT2D eigenvalue weighted by molar-refractivity contribution is -0.151. The number of aryl methyl sites for hydroxylation is 1. The van der Waals surface area contributed by atoms with Gasteiger partial charge in [0.25, 0.3) is 5.91 Å². The molecule has 1 saturated heterocycles. The summed E-state index contributed by atoms with van der Waals surface area (Å²) in [5, 5.41) is 2.69. The fraction of sp³-hybridized carbons (Fsp3) is 0.348. The number of benzene rings is 2. The molecule has 1 fully saturated rings. The molecule has 1 atom stereocenters. The molecule has 0 saturated carbocycles. The molecule has 2 aromatic carbocycles. The number of carbonyl (C=O) groups is 3. The van der Waals surface area contributed by atoms with Gasteiger partial charge in [0.15, 0.2) is 6.61 Å². The Balaban J connectivity index is 1.50. The van der Waals surface area contributed by atoms with Crippen LogP contribution < -0.4 is 15.0 Å². The third kappa shape index (κ3) is 6.07. The van der Waals surface area contributed by atoms with Crippen LogP contribution in [0.4, 0.5) is 11.4 Å². The predicted octanol–water partition coefficient (Wildman–Crippen LogP) is 4.08. The fourth-order valence-electron chi connectivity index (χ4n) is 3.23. The molecule has 0 radical (unpaired) electrons. The number of hydrogen-bond acceptors (Lipinski definition) is 5. The molecular formula is C23H25BrN2O5. The number of nitrogens with one attached hydrogen (secondary N) is 1. The van der Waals surface area contributed by atoms with Crippen LogP contribution in [0.25, 0.3) is 0 Å². The highest BCUT2D eigenvalue weighted by atomic mass is 79.9. The standard InChI is InChI=1S/C23H25BrN2O5/c1-3-10-30-19-7-5-18(6-8-19)26-13-16(12-22(26)28)23(29)31-14-21(27)25-17-4-9-20(24)15(2)11-17/h4-9,11,16H,3,10,12-14H2,1-2H3,(H,25,27)/t16-/m0/s1. The van der Waals surface area contributed by atoms with Gasteiger partial charge in [-0.05, 0) is 61.4 Å². The van der Waals surface area contributed by atoms with Gasteiger partial charge in [-0.3, -0.25) is 14.4 Å². The first-order valence-corrected chi connectivity index (χ1v) is 10.9. The minimum absolute atomic E-state index is 0.0560. The van der Waals surface area contributed by atoms with Crippen LogP contribution in [0.15, 0.2) is 46.9 Å². The second-order valence-corrected chi connectivity index (χ2v) is 8.22. The molecule has 1 aliphatic rings. The molecule has 1 heterocycles. The van der Waals surface area contributed by atoms with Crippen LogP contribution in [-0.4, -0.2) is 37.5 Å². The van der Waals surface area contributed by atoms with Gasteiger partial charge in [0.2, 0.25) is 5.91 Å². The average Bonchev–Trinajstić information content (AvgIpc) is 3.15. The van der Waals surface area contributed by atoms with E-state index in [1.807, 2.05) is 26.0 Å². The van der Waals surface area contributed by atoms with Gasteiger partial charge in [-0.25, -0.2) is 0 Å². The van der Waals surface area contributed by atoms with Gasteiger partial charge in [0.1, 0.15) is 5.75 Å². The van der Waals surface area contributed by atoms with Gasteiger partial charge in [-0.2, -0.15) is 0 Å². The van der Waals surface area contributed by atoms with Gasteiger partial charge < -0.3 is 19.7 Å². The first-order chi connectivity index (χ1) is 14.9. The molecule has 31 heavy (non-hydrogen) atoms. The molecule has 0 spiro atoms. The van der Waals surface area contributed by atoms with Crippen molar-refractivity contribution in [1.82, 2.24) is 0 Å². The number of hydrogen-bond donors (Lipinski definition) is 1. The zero-order chi connectivity index (χ0) is 22.4. The van der Waals surface area contributed by atoms with Crippen molar-refractivity contribution in [3.05, 3.63) is 52.5 Å². The number of amides is 2. The zero-order valence-electron chi connectivity index (χ0n) is 17.5. The summed E-state index contributed by atoms with van der Waals surface area (Å²) in [4.78, 5) is 38.4. The summed E-state index contributed by atoms with van der Waals surface area (Å²) in [5.41, 5.74) is 2.30. The van der Waals surface area contributed by atoms with E-state index in [0.717, 1.165) is 22.2 Å². The average molecular weight is 489 g/mol. The van der Waals surface area contributed by atoms with E-state index >= 15 is 0 Å². The Morgan fingerprint density at radius 2 is 1.94 bits per heavy atom. The van der Waals surface area contributed by atoms with Gasteiger partial charge >= 0.3 is 5.97 Å². The summed E-state index contributed by atoms with van der Waals surface area (Å²) in [7, 11) is 0. The van der Waals surface area contributed by atoms with E-state index in [4.69, 9.17) is 9.47 Å². The molecule has 2 amide bonds. The number of nitrogens with zero attached hydrogens (tertiary/aromatic N) is 1. The molecule has 7 nitrogen and oxygen atoms in total. The quantitative estimate of drug-likeness (QED) is 0.565. The predicted molar refractivity (Wildman–Crippen MR) is 121 cm³/mol. The van der Waals surface area contributed by atoms with E-state index in [2.05, 4.69) is 21.2 Å². The number of rotatable bonds is 8. The summed E-state index contributed by atoms with van der Waals surface area (Å²) in [5.74, 6) is -1.01. The molecule has 2 aromatic rings. The third-order valence-corrected chi connectivity index (χ3v) is 5.76. The van der Waals surface area contributed by atoms with Gasteiger partial charge in [-0.1, -0.05) is 22.9 Å². The Labute approximate surface area is 189 Å². The van der Waals surface area contributed by atoms with E-state index in [9.17, 15) is 14.4 Å². The van der Waals surface area contributed by atoms with Crippen molar-refractivity contribution in [1.29, 1.82) is 0 Å². The second kappa shape index (κ2) is 10.4. The van der Waals surface area contributed by atoms with Gasteiger partial charge in [-0.15, -0.1) is 0 Å². The van der Waals surface area contributed by atoms with Gasteiger partial charge in [0.05, 0.1) is 12.5 Å². The van der Waals surface area contributed by atoms with Crippen LogP contribution in [0.1, 0.15) is 25.3 Å². The van der Waals surface area contributed by atoms with E-state index in [1.54, 1.807) is 35.2 Å². The molecule has 8 heteroatoms. The Hall–Kier alpha value is -2.87. The van der Waals surface area contributed by atoms with Crippen LogP contribution in [0.5, 0.6) is 5.75 Å². The SMILES string of the molecule is CCCOc1ccc(N2C[C@@H](C(=O)OCC(=O)Nc3ccc(Br)c(C)c3)CC2=O)cc1. The topological polar surface area (TPSA) is 84.9 Å². The number of esters is 1. The molecule has 1 N–H and O–H groups in total. The fourth-order valence-corrected chi connectivity index (χ4v) is 3.48. The van der Waals surface area contributed by atoms with Crippen molar-refractivity contribution in [2.45, 2.75) is 26.7 Å². The van der Waals surface area contributed by atoms with Crippen LogP contribution in [-0.2, 0) is 19.1 Å². The highest BCUT2D eigenvalue weighted by Crippen LogP contribution is 2.27. The summed E-state index contributed by atoms with van der Waals surface area (Å²) in [6.45, 7) is 4.39. The summed E-state index contributed by atoms with van der Waals surface area (Å²) in [6.07, 6.45) is 0.970. The van der Waals surface area contributed by atoms with Crippen molar-refractivity contribution in [3.8, 4) is 5.75 Å². The van der Waals surface area contributed by atoms with E-state index in [0.29, 0.717) is 18.0 Å². The maximum Gasteiger partial charge on any atom is 0.311 e. The van der Waals surface area contributed by atoms with Crippen molar-refractivity contribution in [3.63, 3.8) is 0 Å². The summed E-state index contributed by atoms with van der Waals surface area (Å²) >= 11 is 3.40. The number of halogens is 1. The molecule has 1 aliphatic heterocycles. The maximum atomic E-state index is 12.4. The van der Waals surface area contributed by atoms with Crippen molar-refractivity contribution >= 4 is 45.1 Å². The molecular weight excluding hydrogens is 464 g/mol. The smallest absolute Gasteiger partial charge is 0.311 e. The normalized spacial score (nSPS) is 15.6. The minimum atomic E-state index is -0.605. The lowest BCUT2D eigenvalue weighted by Gasteiger charge is -2.17. The van der Waals surface area contributed by atoms with Crippen LogP contribution >= 0.6 is 15.9 Å². The highest BCUT2D eigenvalue weighted by Gasteiger charge is 2.36. The van der Waals surface area contributed by atoms with E-state index < -0.39 is 24.4 Å². The Kier molecular flexibility index (Phi) is 7.68. The monoisotopic (exact) mass is 488 g/mol. The van der Waals surface area contributed by atoms with Gasteiger partial charge in [0, 0.05) is 28.8 Å². The first kappa shape index (κ1) is 22.8. The largest absolute Gasteiger partial charge is 0.494 e. The highest BCUT2D eigenvalue weighted by molar-refractivity contribution is 9.10. The van der Waals surface area contributed by atoms with Crippen LogP contribution in [0.3, 0.4) is 0 Å². The van der Waals surface area contributed by atoms with Crippen molar-refractivity contribution in [2.24, 2.45) is 5.92 Å². The Morgan fingerprint density at radius 3 is 2.61 bits per heavy atom. The molecule has 0 unspecified atom stereocenters. The summed E-state index contributed by atoms with van der Waals surface area (Å²) in [6, 6.07) is 12.6. The lowest BCUT2D eigenvalue weighted by atomic mass is 10.1. The van der Waals surface area contributed by atoms with Crippen LogP contribution in [0, 0.1) is 12.8 Å². The minimum Gasteiger partial charge on any atom is -0.494 e. The molecule has 0 bridgehead atoms. The zero-order valence-corrected chi connectivity index (χ0v) is 19.1. The third-order valence-electron chi connectivity index (χ3n) is 4.87. The lowest BCUT2D eigenvalue weighted by Crippen LogP contribution is -2.28. The van der Waals surface area contributed by atoms with Crippen molar-refractivity contribution < 1.29 is 23.9 Å². The van der Waals surface area contributed by atoms with Crippen LogP contribution in [0.2, 0.25) is 0 Å². The molecule has 3 rings (SSSR count). The second-order valence-electron chi connectivity index (χ2n) is 7.37. The Morgan fingerprint density at radius 1 is 1.19 bits per heavy atom. The number of ether oxygens (including phenoxy) is 2. The number of carbonyl (C=O) groups excluding carboxylic acids is 3. The summed E-state index contributed by atoms with van der Waals surface area (Å²) < 4.78 is 11.6. The van der Waals surface area contributed by atoms with E-state index in [1.165, 1.54) is 0 Å². The first-order valence-electron chi connectivity index (χ1n) is 10.1. The molecule has 0 aromatic heterocycles. The number of anilines is 2. The van der Waals surface area contributed by atoms with Crippen molar-refractivity contribution in [2.75, 3.05) is 30.0 Å². The maximum absolute atomic E-state index is 12.4. The molecule has 0 aliphatic carbocycles. The molecule has 164 valence electrons. The Bertz CT molecular complexity index is 961. The van der Waals surface area contributed by atoms with E-state index in [-0.39, 0.29) is 18.9 Å².